The van der Waals surface area contributed by atoms with Gasteiger partial charge in [0.05, 0.1) is 16.3 Å². The van der Waals surface area contributed by atoms with Crippen molar-refractivity contribution < 1.29 is 4.79 Å². The van der Waals surface area contributed by atoms with Crippen LogP contribution in [0.25, 0.3) is 10.9 Å². The van der Waals surface area contributed by atoms with Crippen LogP contribution in [0.1, 0.15) is 21.7 Å². The second kappa shape index (κ2) is 5.97. The summed E-state index contributed by atoms with van der Waals surface area (Å²) in [7, 11) is 1.99. The molecule has 0 atom stereocenters. The van der Waals surface area contributed by atoms with E-state index in [2.05, 4.69) is 4.98 Å². The minimum Gasteiger partial charge on any atom is -0.351 e. The summed E-state index contributed by atoms with van der Waals surface area (Å²) in [5.74, 6) is 0.566. The van der Waals surface area contributed by atoms with Gasteiger partial charge >= 0.3 is 0 Å². The number of thioether (sulfide) groups is 1. The van der Waals surface area contributed by atoms with Gasteiger partial charge in [0.2, 0.25) is 0 Å². The molecule has 0 bridgehead atoms. The van der Waals surface area contributed by atoms with Gasteiger partial charge in [0.25, 0.3) is 0 Å². The fourth-order valence-corrected chi connectivity index (χ4v) is 3.24. The van der Waals surface area contributed by atoms with Crippen LogP contribution in [0.5, 0.6) is 0 Å². The molecule has 3 nitrogen and oxygen atoms in total. The first-order chi connectivity index (χ1) is 10.6. The van der Waals surface area contributed by atoms with Gasteiger partial charge in [-0.05, 0) is 32.0 Å². The zero-order valence-electron chi connectivity index (χ0n) is 13.0. The van der Waals surface area contributed by atoms with E-state index in [9.17, 15) is 4.79 Å². The molecule has 0 spiro atoms. The van der Waals surface area contributed by atoms with E-state index in [4.69, 9.17) is 0 Å². The van der Waals surface area contributed by atoms with Crippen LogP contribution < -0.4 is 0 Å². The monoisotopic (exact) mass is 310 g/mol. The number of Topliss-reactive ketones (excluding diaryl/α,β-unsaturated/α-hetero) is 1. The van der Waals surface area contributed by atoms with Gasteiger partial charge in [-0.3, -0.25) is 4.79 Å². The molecular weight excluding hydrogens is 292 g/mol. The number of hydrogen-bond donors (Lipinski definition) is 0. The standard InChI is InChI=1S/C18H18N2OS/c1-12-10-15(13(2)20(12)3)17(21)11-22-18-9-8-14-6-4-5-7-16(14)19-18/h4-10H,11H2,1-3H3. The van der Waals surface area contributed by atoms with E-state index >= 15 is 0 Å². The predicted octanol–water partition coefficient (Wildman–Crippen LogP) is 4.17. The molecule has 3 aromatic rings. The lowest BCUT2D eigenvalue weighted by Gasteiger charge is -2.04. The number of fused-ring (bicyclic) bond motifs is 1. The topological polar surface area (TPSA) is 34.9 Å². The molecule has 0 radical (unpaired) electrons. The average Bonchev–Trinajstić information content (AvgIpc) is 2.80. The molecule has 0 aliphatic carbocycles. The van der Waals surface area contributed by atoms with Crippen LogP contribution in [0, 0.1) is 13.8 Å². The normalized spacial score (nSPS) is 11.0. The first-order valence-corrected chi connectivity index (χ1v) is 8.19. The fraction of sp³-hybridized carbons (Fsp3) is 0.222. The van der Waals surface area contributed by atoms with Crippen LogP contribution in [0.15, 0.2) is 47.5 Å². The van der Waals surface area contributed by atoms with Crippen molar-refractivity contribution >= 4 is 28.4 Å². The van der Waals surface area contributed by atoms with E-state index in [1.165, 1.54) is 11.8 Å². The van der Waals surface area contributed by atoms with Gasteiger partial charge in [-0.25, -0.2) is 4.98 Å². The first-order valence-electron chi connectivity index (χ1n) is 7.21. The molecule has 0 amide bonds. The van der Waals surface area contributed by atoms with E-state index in [-0.39, 0.29) is 5.78 Å². The van der Waals surface area contributed by atoms with Crippen LogP contribution in [0.3, 0.4) is 0 Å². The zero-order chi connectivity index (χ0) is 15.7. The number of nitrogens with zero attached hydrogens (tertiary/aromatic N) is 2. The van der Waals surface area contributed by atoms with Crippen molar-refractivity contribution in [2.45, 2.75) is 18.9 Å². The van der Waals surface area contributed by atoms with Gasteiger partial charge < -0.3 is 4.57 Å². The Balaban J connectivity index is 1.75. The third-order valence-corrected chi connectivity index (χ3v) is 4.93. The molecule has 22 heavy (non-hydrogen) atoms. The van der Waals surface area contributed by atoms with Crippen molar-refractivity contribution in [1.29, 1.82) is 0 Å². The molecule has 0 fully saturated rings. The molecule has 0 unspecified atom stereocenters. The smallest absolute Gasteiger partial charge is 0.174 e. The Morgan fingerprint density at radius 3 is 2.68 bits per heavy atom. The lowest BCUT2D eigenvalue weighted by atomic mass is 10.2. The largest absolute Gasteiger partial charge is 0.351 e. The summed E-state index contributed by atoms with van der Waals surface area (Å²) in [5.41, 5.74) is 3.91. The lowest BCUT2D eigenvalue weighted by Crippen LogP contribution is -2.04. The molecule has 0 saturated carbocycles. The number of hydrogen-bond acceptors (Lipinski definition) is 3. The van der Waals surface area contributed by atoms with E-state index in [1.54, 1.807) is 0 Å². The summed E-state index contributed by atoms with van der Waals surface area (Å²) in [6, 6.07) is 14.0. The Kier molecular flexibility index (Phi) is 4.03. The maximum absolute atomic E-state index is 12.4. The van der Waals surface area contributed by atoms with Gasteiger partial charge in [0.1, 0.15) is 0 Å². The highest BCUT2D eigenvalue weighted by molar-refractivity contribution is 7.99. The number of aromatic nitrogens is 2. The maximum atomic E-state index is 12.4. The number of carbonyl (C=O) groups is 1. The van der Waals surface area contributed by atoms with Crippen LogP contribution in [0.4, 0.5) is 0 Å². The maximum Gasteiger partial charge on any atom is 0.174 e. The van der Waals surface area contributed by atoms with Gasteiger partial charge in [-0.15, -0.1) is 0 Å². The number of ketones is 1. The number of para-hydroxylation sites is 1. The molecule has 2 aromatic heterocycles. The third-order valence-electron chi connectivity index (χ3n) is 4.00. The fourth-order valence-electron chi connectivity index (χ4n) is 2.48. The van der Waals surface area contributed by atoms with Crippen LogP contribution in [0.2, 0.25) is 0 Å². The van der Waals surface area contributed by atoms with E-state index in [1.807, 2.05) is 67.9 Å². The van der Waals surface area contributed by atoms with E-state index in [0.717, 1.165) is 32.9 Å². The molecule has 1 aromatic carbocycles. The first kappa shape index (κ1) is 14.9. The number of rotatable bonds is 4. The Hall–Kier alpha value is -2.07. The molecule has 112 valence electrons. The van der Waals surface area contributed by atoms with Crippen LogP contribution in [-0.4, -0.2) is 21.1 Å². The Bertz CT molecular complexity index is 851. The molecule has 4 heteroatoms. The third kappa shape index (κ3) is 2.79. The molecule has 3 rings (SSSR count). The van der Waals surface area contributed by atoms with Crippen molar-refractivity contribution in [2.75, 3.05) is 5.75 Å². The highest BCUT2D eigenvalue weighted by Crippen LogP contribution is 2.22. The number of aryl methyl sites for hydroxylation is 1. The van der Waals surface area contributed by atoms with Crippen molar-refractivity contribution in [3.63, 3.8) is 0 Å². The number of carbonyl (C=O) groups excluding carboxylic acids is 1. The minimum atomic E-state index is 0.154. The zero-order valence-corrected chi connectivity index (χ0v) is 13.8. The second-order valence-corrected chi connectivity index (χ2v) is 6.39. The van der Waals surface area contributed by atoms with Crippen molar-refractivity contribution in [3.05, 3.63) is 59.4 Å². The summed E-state index contributed by atoms with van der Waals surface area (Å²) < 4.78 is 2.05. The van der Waals surface area contributed by atoms with Gasteiger partial charge in [0.15, 0.2) is 5.78 Å². The SMILES string of the molecule is Cc1cc(C(=O)CSc2ccc3ccccc3n2)c(C)n1C. The van der Waals surface area contributed by atoms with Crippen molar-refractivity contribution in [1.82, 2.24) is 9.55 Å². The van der Waals surface area contributed by atoms with Crippen molar-refractivity contribution in [2.24, 2.45) is 7.05 Å². The molecular formula is C18H18N2OS. The second-order valence-electron chi connectivity index (χ2n) is 5.40. The summed E-state index contributed by atoms with van der Waals surface area (Å²) in [6.07, 6.45) is 0. The molecule has 0 N–H and O–H groups in total. The van der Waals surface area contributed by atoms with E-state index < -0.39 is 0 Å². The predicted molar refractivity (Wildman–Crippen MR) is 91.7 cm³/mol. The Morgan fingerprint density at radius 2 is 1.95 bits per heavy atom. The number of benzene rings is 1. The Labute approximate surface area is 134 Å². The highest BCUT2D eigenvalue weighted by atomic mass is 32.2. The summed E-state index contributed by atoms with van der Waals surface area (Å²) in [6.45, 7) is 4.00. The van der Waals surface area contributed by atoms with Crippen molar-refractivity contribution in [3.8, 4) is 0 Å². The molecule has 0 saturated heterocycles. The number of pyridine rings is 1. The van der Waals surface area contributed by atoms with Gasteiger partial charge in [0, 0.05) is 29.4 Å². The van der Waals surface area contributed by atoms with Crippen LogP contribution in [-0.2, 0) is 7.05 Å². The molecule has 0 aliphatic rings. The summed E-state index contributed by atoms with van der Waals surface area (Å²) in [5, 5.41) is 2.00. The summed E-state index contributed by atoms with van der Waals surface area (Å²) >= 11 is 1.49. The lowest BCUT2D eigenvalue weighted by molar-refractivity contribution is 0.102. The highest BCUT2D eigenvalue weighted by Gasteiger charge is 2.14. The summed E-state index contributed by atoms with van der Waals surface area (Å²) in [4.78, 5) is 17.0. The molecule has 0 aliphatic heterocycles. The van der Waals surface area contributed by atoms with E-state index in [0.29, 0.717) is 5.75 Å². The van der Waals surface area contributed by atoms with Crippen LogP contribution >= 0.6 is 11.8 Å². The average molecular weight is 310 g/mol. The minimum absolute atomic E-state index is 0.154. The Morgan fingerprint density at radius 1 is 1.18 bits per heavy atom. The van der Waals surface area contributed by atoms with Gasteiger partial charge in [-0.1, -0.05) is 36.0 Å². The quantitative estimate of drug-likeness (QED) is 0.536. The van der Waals surface area contributed by atoms with Gasteiger partial charge in [-0.2, -0.15) is 0 Å². The molecule has 2 heterocycles.